The lowest BCUT2D eigenvalue weighted by molar-refractivity contribution is -0.118. The largest absolute Gasteiger partial charge is 0.379 e. The van der Waals surface area contributed by atoms with Crippen LogP contribution in [0.5, 0.6) is 0 Å². The molecule has 0 unspecified atom stereocenters. The molecule has 0 radical (unpaired) electrons. The molecule has 1 saturated heterocycles. The summed E-state index contributed by atoms with van der Waals surface area (Å²) in [6.07, 6.45) is 1.11. The molecule has 116 valence electrons. The number of halogens is 1. The number of anilines is 1. The molecule has 0 bridgehead atoms. The monoisotopic (exact) mass is 332 g/mol. The van der Waals surface area contributed by atoms with Gasteiger partial charge in [-0.25, -0.2) is 8.42 Å². The van der Waals surface area contributed by atoms with Gasteiger partial charge in [-0.15, -0.1) is 0 Å². The summed E-state index contributed by atoms with van der Waals surface area (Å²) in [7, 11) is -3.34. The zero-order valence-electron chi connectivity index (χ0n) is 11.6. The Labute approximate surface area is 128 Å². The molecule has 1 aliphatic rings. The van der Waals surface area contributed by atoms with Crippen molar-refractivity contribution in [2.45, 2.75) is 4.90 Å². The van der Waals surface area contributed by atoms with Crippen molar-refractivity contribution in [1.29, 1.82) is 0 Å². The van der Waals surface area contributed by atoms with E-state index in [1.54, 1.807) is 0 Å². The highest BCUT2D eigenvalue weighted by atomic mass is 35.5. The van der Waals surface area contributed by atoms with Crippen LogP contribution in [-0.2, 0) is 19.4 Å². The second-order valence-electron chi connectivity index (χ2n) is 4.85. The van der Waals surface area contributed by atoms with E-state index in [-0.39, 0.29) is 17.3 Å². The van der Waals surface area contributed by atoms with Crippen molar-refractivity contribution in [3.8, 4) is 0 Å². The lowest BCUT2D eigenvalue weighted by Crippen LogP contribution is -2.41. The average Bonchev–Trinajstić information content (AvgIpc) is 2.41. The summed E-state index contributed by atoms with van der Waals surface area (Å²) >= 11 is 5.99. The minimum atomic E-state index is -3.34. The van der Waals surface area contributed by atoms with Crippen LogP contribution in [0.1, 0.15) is 0 Å². The maximum Gasteiger partial charge on any atom is 0.238 e. The van der Waals surface area contributed by atoms with E-state index < -0.39 is 9.84 Å². The molecule has 21 heavy (non-hydrogen) atoms. The maximum absolute atomic E-state index is 12.0. The number of rotatable bonds is 4. The first-order chi connectivity index (χ1) is 9.86. The Morgan fingerprint density at radius 2 is 2.05 bits per heavy atom. The van der Waals surface area contributed by atoms with Crippen LogP contribution in [-0.4, -0.2) is 58.3 Å². The summed E-state index contributed by atoms with van der Waals surface area (Å²) in [5.41, 5.74) is 0.304. The fraction of sp³-hybridized carbons (Fsp3) is 0.462. The summed E-state index contributed by atoms with van der Waals surface area (Å²) in [5.74, 6) is -0.232. The second-order valence-corrected chi connectivity index (χ2v) is 7.27. The van der Waals surface area contributed by atoms with E-state index in [1.807, 2.05) is 4.90 Å². The molecule has 1 aromatic rings. The molecule has 8 heteroatoms. The molecular formula is C13H17ClN2O4S. The number of hydrogen-bond donors (Lipinski definition) is 1. The molecule has 0 aromatic heterocycles. The van der Waals surface area contributed by atoms with Gasteiger partial charge >= 0.3 is 0 Å². The minimum absolute atomic E-state index is 0.119. The van der Waals surface area contributed by atoms with Gasteiger partial charge in [0.15, 0.2) is 9.84 Å². The van der Waals surface area contributed by atoms with Crippen molar-refractivity contribution in [2.24, 2.45) is 0 Å². The Morgan fingerprint density at radius 1 is 1.38 bits per heavy atom. The molecule has 1 heterocycles. The highest BCUT2D eigenvalue weighted by Gasteiger charge is 2.16. The normalized spacial score (nSPS) is 16.7. The topological polar surface area (TPSA) is 75.7 Å². The average molecular weight is 333 g/mol. The number of carbonyl (C=O) groups is 1. The van der Waals surface area contributed by atoms with Gasteiger partial charge in [0.05, 0.1) is 35.4 Å². The van der Waals surface area contributed by atoms with E-state index in [9.17, 15) is 13.2 Å². The van der Waals surface area contributed by atoms with Crippen LogP contribution in [0, 0.1) is 0 Å². The van der Waals surface area contributed by atoms with Gasteiger partial charge in [-0.2, -0.15) is 0 Å². The predicted molar refractivity (Wildman–Crippen MR) is 80.5 cm³/mol. The standard InChI is InChI=1S/C13H17ClN2O4S/c1-21(18,19)10-2-3-11(14)12(8-10)15-13(17)9-16-4-6-20-7-5-16/h2-3,8H,4-7,9H2,1H3,(H,15,17). The molecule has 0 spiro atoms. The van der Waals surface area contributed by atoms with Crippen molar-refractivity contribution in [3.05, 3.63) is 23.2 Å². The number of benzene rings is 1. The summed E-state index contributed by atoms with van der Waals surface area (Å²) in [4.78, 5) is 14.1. The van der Waals surface area contributed by atoms with Crippen LogP contribution in [0.3, 0.4) is 0 Å². The van der Waals surface area contributed by atoms with Crippen molar-refractivity contribution in [2.75, 3.05) is 44.4 Å². The third-order valence-electron chi connectivity index (χ3n) is 3.11. The van der Waals surface area contributed by atoms with Crippen LogP contribution in [0.4, 0.5) is 5.69 Å². The molecular weight excluding hydrogens is 316 g/mol. The van der Waals surface area contributed by atoms with E-state index in [2.05, 4.69) is 5.32 Å². The first-order valence-electron chi connectivity index (χ1n) is 6.46. The van der Waals surface area contributed by atoms with E-state index in [0.717, 1.165) is 6.26 Å². The number of ether oxygens (including phenoxy) is 1. The number of morpholine rings is 1. The number of nitrogens with one attached hydrogen (secondary N) is 1. The SMILES string of the molecule is CS(=O)(=O)c1ccc(Cl)c(NC(=O)CN2CCOCC2)c1. The molecule has 1 N–H and O–H groups in total. The Bertz CT molecular complexity index is 627. The summed E-state index contributed by atoms with van der Waals surface area (Å²) < 4.78 is 28.3. The molecule has 0 aliphatic carbocycles. The van der Waals surface area contributed by atoms with Gasteiger partial charge < -0.3 is 10.1 Å². The summed E-state index contributed by atoms with van der Waals surface area (Å²) in [5, 5.41) is 2.96. The van der Waals surface area contributed by atoms with Crippen molar-refractivity contribution < 1.29 is 17.9 Å². The van der Waals surface area contributed by atoms with Gasteiger partial charge in [0.25, 0.3) is 0 Å². The quantitative estimate of drug-likeness (QED) is 0.890. The number of carbonyl (C=O) groups excluding carboxylic acids is 1. The lowest BCUT2D eigenvalue weighted by atomic mass is 10.3. The molecule has 1 aromatic carbocycles. The van der Waals surface area contributed by atoms with Crippen LogP contribution in [0.25, 0.3) is 0 Å². The van der Waals surface area contributed by atoms with Crippen LogP contribution in [0.2, 0.25) is 5.02 Å². The maximum atomic E-state index is 12.0. The number of amides is 1. The Balaban J connectivity index is 2.06. The third-order valence-corrected chi connectivity index (χ3v) is 4.55. The van der Waals surface area contributed by atoms with Crippen LogP contribution in [0.15, 0.2) is 23.1 Å². The molecule has 2 rings (SSSR count). The number of nitrogens with zero attached hydrogens (tertiary/aromatic N) is 1. The third kappa shape index (κ3) is 4.67. The Morgan fingerprint density at radius 3 is 2.67 bits per heavy atom. The van der Waals surface area contributed by atoms with Gasteiger partial charge in [-0.05, 0) is 18.2 Å². The van der Waals surface area contributed by atoms with Crippen molar-refractivity contribution in [1.82, 2.24) is 4.90 Å². The predicted octanol–water partition coefficient (Wildman–Crippen LogP) is 1.01. The van der Waals surface area contributed by atoms with Crippen LogP contribution >= 0.6 is 11.6 Å². The second kappa shape index (κ2) is 6.74. The minimum Gasteiger partial charge on any atom is -0.379 e. The zero-order valence-corrected chi connectivity index (χ0v) is 13.2. The van der Waals surface area contributed by atoms with Gasteiger partial charge in [0, 0.05) is 19.3 Å². The highest BCUT2D eigenvalue weighted by molar-refractivity contribution is 7.90. The highest BCUT2D eigenvalue weighted by Crippen LogP contribution is 2.25. The Hall–Kier alpha value is -1.15. The van der Waals surface area contributed by atoms with Gasteiger partial charge in [0.1, 0.15) is 0 Å². The fourth-order valence-electron chi connectivity index (χ4n) is 1.98. The first kappa shape index (κ1) is 16.2. The van der Waals surface area contributed by atoms with Gasteiger partial charge in [0.2, 0.25) is 5.91 Å². The number of hydrogen-bond acceptors (Lipinski definition) is 5. The van der Waals surface area contributed by atoms with E-state index in [4.69, 9.17) is 16.3 Å². The molecule has 6 nitrogen and oxygen atoms in total. The molecule has 1 aliphatic heterocycles. The van der Waals surface area contributed by atoms with Crippen LogP contribution < -0.4 is 5.32 Å². The number of sulfone groups is 1. The van der Waals surface area contributed by atoms with Gasteiger partial charge in [-0.3, -0.25) is 9.69 Å². The van der Waals surface area contributed by atoms with E-state index in [0.29, 0.717) is 37.0 Å². The molecule has 1 amide bonds. The van der Waals surface area contributed by atoms with E-state index >= 15 is 0 Å². The molecule has 0 saturated carbocycles. The lowest BCUT2D eigenvalue weighted by Gasteiger charge is -2.25. The van der Waals surface area contributed by atoms with Crippen molar-refractivity contribution >= 4 is 33.0 Å². The van der Waals surface area contributed by atoms with Crippen molar-refractivity contribution in [3.63, 3.8) is 0 Å². The summed E-state index contributed by atoms with van der Waals surface area (Å²) in [6, 6.07) is 4.24. The zero-order chi connectivity index (χ0) is 15.5. The van der Waals surface area contributed by atoms with Gasteiger partial charge in [-0.1, -0.05) is 11.6 Å². The Kier molecular flexibility index (Phi) is 5.21. The molecule has 1 fully saturated rings. The fourth-order valence-corrected chi connectivity index (χ4v) is 2.79. The van der Waals surface area contributed by atoms with E-state index in [1.165, 1.54) is 18.2 Å². The molecule has 0 atom stereocenters. The smallest absolute Gasteiger partial charge is 0.238 e. The summed E-state index contributed by atoms with van der Waals surface area (Å²) in [6.45, 7) is 2.84. The first-order valence-corrected chi connectivity index (χ1v) is 8.73.